The molecule has 7 nitrogen and oxygen atoms in total. The summed E-state index contributed by atoms with van der Waals surface area (Å²) in [7, 11) is 3.20. The van der Waals surface area contributed by atoms with Gasteiger partial charge in [0.05, 0.1) is 26.9 Å². The van der Waals surface area contributed by atoms with Gasteiger partial charge in [-0.2, -0.15) is 0 Å². The zero-order valence-electron chi connectivity index (χ0n) is 14.6. The number of ether oxygens (including phenoxy) is 3. The lowest BCUT2D eigenvalue weighted by molar-refractivity contribution is -0.167. The Hall–Kier alpha value is -2.28. The highest BCUT2D eigenvalue weighted by molar-refractivity contribution is 5.84. The molecule has 1 saturated heterocycles. The van der Waals surface area contributed by atoms with E-state index in [0.29, 0.717) is 6.54 Å². The van der Waals surface area contributed by atoms with Crippen LogP contribution >= 0.6 is 0 Å². The summed E-state index contributed by atoms with van der Waals surface area (Å²) in [4.78, 5) is 25.6. The molecule has 0 bridgehead atoms. The average molecular weight is 349 g/mol. The molecule has 4 atom stereocenters. The number of carboxylic acid groups (broad SMARTS) is 1. The molecule has 1 aromatic rings. The molecule has 0 radical (unpaired) electrons. The highest BCUT2D eigenvalue weighted by Crippen LogP contribution is 2.52. The summed E-state index contributed by atoms with van der Waals surface area (Å²) >= 11 is 0. The van der Waals surface area contributed by atoms with Crippen LogP contribution in [0.4, 0.5) is 0 Å². The molecule has 1 aliphatic carbocycles. The SMILES string of the molecule is COc1ccc(OC)c(C2CC2C(=O)N2CC(C(=O)O)O[C@H](C)C2)c1. The first-order valence-electron chi connectivity index (χ1n) is 8.33. The van der Waals surface area contributed by atoms with Crippen molar-refractivity contribution in [3.05, 3.63) is 23.8 Å². The van der Waals surface area contributed by atoms with Gasteiger partial charge in [-0.05, 0) is 31.5 Å². The van der Waals surface area contributed by atoms with Crippen LogP contribution in [0.2, 0.25) is 0 Å². The second-order valence-electron chi connectivity index (χ2n) is 6.57. The van der Waals surface area contributed by atoms with Gasteiger partial charge in [0.15, 0.2) is 6.10 Å². The number of morpholine rings is 1. The smallest absolute Gasteiger partial charge is 0.334 e. The lowest BCUT2D eigenvalue weighted by atomic mass is 10.1. The number of amides is 1. The van der Waals surface area contributed by atoms with Crippen LogP contribution in [0.3, 0.4) is 0 Å². The molecule has 0 spiro atoms. The topological polar surface area (TPSA) is 85.3 Å². The van der Waals surface area contributed by atoms with E-state index in [1.54, 1.807) is 26.0 Å². The third kappa shape index (κ3) is 3.56. The minimum absolute atomic E-state index is 0.0173. The Morgan fingerprint density at radius 1 is 1.24 bits per heavy atom. The summed E-state index contributed by atoms with van der Waals surface area (Å²) in [5.41, 5.74) is 0.955. The van der Waals surface area contributed by atoms with Crippen molar-refractivity contribution >= 4 is 11.9 Å². The molecule has 1 amide bonds. The van der Waals surface area contributed by atoms with Crippen LogP contribution in [0.5, 0.6) is 11.5 Å². The van der Waals surface area contributed by atoms with Crippen molar-refractivity contribution in [2.75, 3.05) is 27.3 Å². The zero-order chi connectivity index (χ0) is 18.1. The molecule has 1 aromatic carbocycles. The van der Waals surface area contributed by atoms with E-state index >= 15 is 0 Å². The number of hydrogen-bond donors (Lipinski definition) is 1. The summed E-state index contributed by atoms with van der Waals surface area (Å²) in [5, 5.41) is 9.17. The molecule has 1 heterocycles. The van der Waals surface area contributed by atoms with Crippen LogP contribution in [0.1, 0.15) is 24.8 Å². The predicted molar refractivity (Wildman–Crippen MR) is 88.9 cm³/mol. The first kappa shape index (κ1) is 17.5. The van der Waals surface area contributed by atoms with Crippen LogP contribution in [0.25, 0.3) is 0 Å². The number of nitrogens with zero attached hydrogens (tertiary/aromatic N) is 1. The van der Waals surface area contributed by atoms with Crippen LogP contribution < -0.4 is 9.47 Å². The van der Waals surface area contributed by atoms with Crippen molar-refractivity contribution in [2.24, 2.45) is 5.92 Å². The number of carboxylic acids is 1. The minimum Gasteiger partial charge on any atom is -0.497 e. The molecular weight excluding hydrogens is 326 g/mol. The van der Waals surface area contributed by atoms with Crippen molar-refractivity contribution in [2.45, 2.75) is 31.5 Å². The zero-order valence-corrected chi connectivity index (χ0v) is 14.6. The normalized spacial score (nSPS) is 28.4. The molecule has 7 heteroatoms. The van der Waals surface area contributed by atoms with Crippen molar-refractivity contribution in [3.63, 3.8) is 0 Å². The predicted octanol–water partition coefficient (Wildman–Crippen LogP) is 1.51. The van der Waals surface area contributed by atoms with Crippen LogP contribution in [0.15, 0.2) is 18.2 Å². The Labute approximate surface area is 146 Å². The monoisotopic (exact) mass is 349 g/mol. The molecule has 3 rings (SSSR count). The number of rotatable bonds is 5. The van der Waals surface area contributed by atoms with E-state index in [1.807, 2.05) is 18.2 Å². The molecule has 0 aromatic heterocycles. The van der Waals surface area contributed by atoms with E-state index in [0.717, 1.165) is 23.5 Å². The molecule has 25 heavy (non-hydrogen) atoms. The second-order valence-corrected chi connectivity index (χ2v) is 6.57. The fraction of sp³-hybridized carbons (Fsp3) is 0.556. The van der Waals surface area contributed by atoms with Crippen LogP contribution in [-0.4, -0.2) is 61.4 Å². The Morgan fingerprint density at radius 3 is 2.64 bits per heavy atom. The Morgan fingerprint density at radius 2 is 2.00 bits per heavy atom. The molecule has 1 saturated carbocycles. The molecule has 2 aliphatic rings. The van der Waals surface area contributed by atoms with Gasteiger partial charge in [0.2, 0.25) is 5.91 Å². The van der Waals surface area contributed by atoms with Crippen molar-refractivity contribution in [1.29, 1.82) is 0 Å². The maximum atomic E-state index is 12.8. The van der Waals surface area contributed by atoms with E-state index in [9.17, 15) is 14.7 Å². The standard InChI is InChI=1S/C18H23NO6/c1-10-8-19(9-16(25-10)18(21)22)17(20)14-7-12(14)13-6-11(23-2)4-5-15(13)24-3/h4-6,10,12,14,16H,7-9H2,1-3H3,(H,21,22)/t10-,12?,14?,16?/m1/s1. The van der Waals surface area contributed by atoms with Gasteiger partial charge in [0.1, 0.15) is 11.5 Å². The van der Waals surface area contributed by atoms with Gasteiger partial charge in [0, 0.05) is 23.9 Å². The Kier molecular flexibility index (Phi) is 4.85. The van der Waals surface area contributed by atoms with Crippen molar-refractivity contribution in [1.82, 2.24) is 4.90 Å². The summed E-state index contributed by atoms with van der Waals surface area (Å²) in [6, 6.07) is 5.56. The summed E-state index contributed by atoms with van der Waals surface area (Å²) in [6.45, 7) is 2.29. The number of aliphatic carboxylic acids is 1. The molecule has 136 valence electrons. The highest BCUT2D eigenvalue weighted by atomic mass is 16.5. The summed E-state index contributed by atoms with van der Waals surface area (Å²) in [6.07, 6.45) is -0.523. The maximum absolute atomic E-state index is 12.8. The van der Waals surface area contributed by atoms with Gasteiger partial charge in [-0.1, -0.05) is 0 Å². The average Bonchev–Trinajstić information content (AvgIpc) is 3.40. The molecule has 1 aliphatic heterocycles. The quantitative estimate of drug-likeness (QED) is 0.867. The fourth-order valence-electron chi connectivity index (χ4n) is 3.44. The third-order valence-electron chi connectivity index (χ3n) is 4.79. The lowest BCUT2D eigenvalue weighted by Crippen LogP contribution is -2.52. The molecular formula is C18H23NO6. The van der Waals surface area contributed by atoms with Crippen LogP contribution in [-0.2, 0) is 14.3 Å². The number of methoxy groups -OCH3 is 2. The Balaban J connectivity index is 1.73. The maximum Gasteiger partial charge on any atom is 0.334 e. The lowest BCUT2D eigenvalue weighted by Gasteiger charge is -2.35. The third-order valence-corrected chi connectivity index (χ3v) is 4.79. The molecule has 2 fully saturated rings. The number of benzene rings is 1. The second kappa shape index (κ2) is 6.92. The van der Waals surface area contributed by atoms with Crippen LogP contribution in [0, 0.1) is 5.92 Å². The number of hydrogen-bond acceptors (Lipinski definition) is 5. The van der Waals surface area contributed by atoms with Gasteiger partial charge in [-0.3, -0.25) is 4.79 Å². The summed E-state index contributed by atoms with van der Waals surface area (Å²) in [5.74, 6) is 0.321. The number of carbonyl (C=O) groups excluding carboxylic acids is 1. The van der Waals surface area contributed by atoms with E-state index < -0.39 is 12.1 Å². The highest BCUT2D eigenvalue weighted by Gasteiger charge is 2.48. The van der Waals surface area contributed by atoms with E-state index in [-0.39, 0.29) is 30.4 Å². The number of carbonyl (C=O) groups is 2. The first-order chi connectivity index (χ1) is 11.9. The van der Waals surface area contributed by atoms with Gasteiger partial charge in [0.25, 0.3) is 0 Å². The van der Waals surface area contributed by atoms with E-state index in [2.05, 4.69) is 0 Å². The largest absolute Gasteiger partial charge is 0.497 e. The van der Waals surface area contributed by atoms with Gasteiger partial charge >= 0.3 is 5.97 Å². The van der Waals surface area contributed by atoms with E-state index in [4.69, 9.17) is 14.2 Å². The fourth-order valence-corrected chi connectivity index (χ4v) is 3.44. The summed E-state index contributed by atoms with van der Waals surface area (Å²) < 4.78 is 16.0. The molecule has 3 unspecified atom stereocenters. The van der Waals surface area contributed by atoms with Gasteiger partial charge in [-0.15, -0.1) is 0 Å². The molecule has 1 N–H and O–H groups in total. The Bertz CT molecular complexity index is 676. The van der Waals surface area contributed by atoms with Crippen molar-refractivity contribution < 1.29 is 28.9 Å². The first-order valence-corrected chi connectivity index (χ1v) is 8.33. The van der Waals surface area contributed by atoms with Gasteiger partial charge in [-0.25, -0.2) is 4.79 Å². The minimum atomic E-state index is -1.04. The van der Waals surface area contributed by atoms with E-state index in [1.165, 1.54) is 0 Å². The van der Waals surface area contributed by atoms with Crippen molar-refractivity contribution in [3.8, 4) is 11.5 Å². The van der Waals surface area contributed by atoms with Gasteiger partial charge < -0.3 is 24.2 Å².